The van der Waals surface area contributed by atoms with Crippen molar-refractivity contribution in [3.05, 3.63) is 35.7 Å². The largest absolute Gasteiger partial charge is 0.506 e. The molecule has 3 aromatic rings. The molecule has 0 bridgehead atoms. The van der Waals surface area contributed by atoms with Crippen LogP contribution in [0.25, 0.3) is 11.0 Å². The minimum absolute atomic E-state index is 0.0113. The molecule has 8 heteroatoms. The molecular formula is C11H6ClN5OS. The first-order chi connectivity index (χ1) is 9.24. The summed E-state index contributed by atoms with van der Waals surface area (Å²) in [5.41, 5.74) is 1.14. The Morgan fingerprint density at radius 3 is 3.00 bits per heavy atom. The third kappa shape index (κ3) is 2.38. The molecule has 0 atom stereocenters. The van der Waals surface area contributed by atoms with E-state index in [1.807, 2.05) is 0 Å². The number of phenols is 1. The van der Waals surface area contributed by atoms with Crippen molar-refractivity contribution in [2.75, 3.05) is 0 Å². The van der Waals surface area contributed by atoms with Gasteiger partial charge in [-0.05, 0) is 29.7 Å². The maximum atomic E-state index is 9.31. The van der Waals surface area contributed by atoms with Crippen LogP contribution in [-0.4, -0.2) is 19.4 Å². The number of benzene rings is 1. The van der Waals surface area contributed by atoms with Gasteiger partial charge in [-0.3, -0.25) is 0 Å². The molecule has 0 amide bonds. The van der Waals surface area contributed by atoms with Crippen LogP contribution < -0.4 is 0 Å². The molecule has 0 aliphatic rings. The Morgan fingerprint density at radius 2 is 2.16 bits per heavy atom. The number of fused-ring (bicyclic) bond motifs is 1. The van der Waals surface area contributed by atoms with Gasteiger partial charge >= 0.3 is 0 Å². The lowest BCUT2D eigenvalue weighted by Crippen LogP contribution is -1.76. The van der Waals surface area contributed by atoms with Crippen LogP contribution in [0.1, 0.15) is 0 Å². The minimum Gasteiger partial charge on any atom is -0.506 e. The van der Waals surface area contributed by atoms with E-state index < -0.39 is 0 Å². The SMILES string of the molecule is Oc1ccc(N=Nc2snc3ncncc23)cc1Cl. The van der Waals surface area contributed by atoms with Crippen molar-refractivity contribution in [3.63, 3.8) is 0 Å². The summed E-state index contributed by atoms with van der Waals surface area (Å²) in [6.45, 7) is 0. The van der Waals surface area contributed by atoms with Crippen LogP contribution in [-0.2, 0) is 0 Å². The van der Waals surface area contributed by atoms with E-state index >= 15 is 0 Å². The lowest BCUT2D eigenvalue weighted by Gasteiger charge is -1.96. The van der Waals surface area contributed by atoms with Gasteiger partial charge in [0.1, 0.15) is 12.1 Å². The summed E-state index contributed by atoms with van der Waals surface area (Å²) in [5.74, 6) is 0.0113. The molecule has 2 aromatic heterocycles. The van der Waals surface area contributed by atoms with E-state index in [0.29, 0.717) is 16.3 Å². The highest BCUT2D eigenvalue weighted by atomic mass is 35.5. The number of phenolic OH excluding ortho intramolecular Hbond substituents is 1. The number of nitrogens with zero attached hydrogens (tertiary/aromatic N) is 5. The molecule has 0 aliphatic heterocycles. The fourth-order valence-corrected chi connectivity index (χ4v) is 2.23. The second-order valence-corrected chi connectivity index (χ2v) is 4.74. The summed E-state index contributed by atoms with van der Waals surface area (Å²) in [5, 5.41) is 19.1. The van der Waals surface area contributed by atoms with Gasteiger partial charge in [0.05, 0.1) is 16.1 Å². The van der Waals surface area contributed by atoms with Gasteiger partial charge in [-0.1, -0.05) is 11.6 Å². The van der Waals surface area contributed by atoms with Crippen LogP contribution in [0.5, 0.6) is 5.75 Å². The lowest BCUT2D eigenvalue weighted by molar-refractivity contribution is 0.475. The number of aromatic hydroxyl groups is 1. The summed E-state index contributed by atoms with van der Waals surface area (Å²) >= 11 is 6.98. The van der Waals surface area contributed by atoms with E-state index in [1.165, 1.54) is 30.0 Å². The van der Waals surface area contributed by atoms with E-state index in [2.05, 4.69) is 24.6 Å². The number of aromatic nitrogens is 3. The molecule has 0 spiro atoms. The van der Waals surface area contributed by atoms with Crippen LogP contribution >= 0.6 is 23.1 Å². The molecule has 0 radical (unpaired) electrons. The highest BCUT2D eigenvalue weighted by Crippen LogP contribution is 2.32. The van der Waals surface area contributed by atoms with E-state index in [9.17, 15) is 5.11 Å². The quantitative estimate of drug-likeness (QED) is 0.727. The number of azo groups is 1. The standard InChI is InChI=1S/C11H6ClN5OS/c12-8-3-6(1-2-9(8)18)15-16-11-7-4-13-5-14-10(7)17-19-11/h1-5,18H. The third-order valence-electron chi connectivity index (χ3n) is 2.33. The number of rotatable bonds is 2. The smallest absolute Gasteiger partial charge is 0.178 e. The maximum Gasteiger partial charge on any atom is 0.178 e. The van der Waals surface area contributed by atoms with Crippen molar-refractivity contribution >= 4 is 44.9 Å². The van der Waals surface area contributed by atoms with Crippen LogP contribution in [0.15, 0.2) is 41.0 Å². The third-order valence-corrected chi connectivity index (χ3v) is 3.37. The Labute approximate surface area is 116 Å². The van der Waals surface area contributed by atoms with Crippen LogP contribution in [0, 0.1) is 0 Å². The molecule has 6 nitrogen and oxygen atoms in total. The Hall–Kier alpha value is -2.12. The molecule has 0 unspecified atom stereocenters. The Balaban J connectivity index is 1.96. The van der Waals surface area contributed by atoms with Crippen molar-refractivity contribution in [1.29, 1.82) is 0 Å². The van der Waals surface area contributed by atoms with Gasteiger partial charge in [0.2, 0.25) is 0 Å². The fourth-order valence-electron chi connectivity index (χ4n) is 1.42. The molecule has 2 heterocycles. The molecule has 0 fully saturated rings. The lowest BCUT2D eigenvalue weighted by atomic mass is 10.3. The molecule has 0 aliphatic carbocycles. The number of halogens is 1. The normalized spacial score (nSPS) is 11.4. The van der Waals surface area contributed by atoms with Crippen molar-refractivity contribution < 1.29 is 5.11 Å². The molecule has 1 aromatic carbocycles. The highest BCUT2D eigenvalue weighted by molar-refractivity contribution is 7.11. The first-order valence-electron chi connectivity index (χ1n) is 5.20. The van der Waals surface area contributed by atoms with Gasteiger partial charge in [-0.2, -0.15) is 4.37 Å². The molecule has 94 valence electrons. The van der Waals surface area contributed by atoms with E-state index in [4.69, 9.17) is 11.6 Å². The second kappa shape index (κ2) is 4.87. The van der Waals surface area contributed by atoms with Crippen molar-refractivity contribution in [2.24, 2.45) is 10.2 Å². The molecule has 0 saturated carbocycles. The zero-order valence-corrected chi connectivity index (χ0v) is 10.9. The van der Waals surface area contributed by atoms with Crippen molar-refractivity contribution in [3.8, 4) is 5.75 Å². The molecule has 19 heavy (non-hydrogen) atoms. The van der Waals surface area contributed by atoms with Crippen molar-refractivity contribution in [1.82, 2.24) is 14.3 Å². The molecule has 3 rings (SSSR count). The Bertz CT molecular complexity index is 773. The summed E-state index contributed by atoms with van der Waals surface area (Å²) in [6, 6.07) is 4.61. The van der Waals surface area contributed by atoms with E-state index in [-0.39, 0.29) is 10.8 Å². The Morgan fingerprint density at radius 1 is 1.26 bits per heavy atom. The van der Waals surface area contributed by atoms with Gasteiger partial charge in [-0.15, -0.1) is 10.2 Å². The number of hydrogen-bond acceptors (Lipinski definition) is 7. The average molecular weight is 292 g/mol. The zero-order chi connectivity index (χ0) is 13.2. The van der Waals surface area contributed by atoms with Gasteiger partial charge < -0.3 is 5.11 Å². The Kier molecular flexibility index (Phi) is 3.06. The highest BCUT2D eigenvalue weighted by Gasteiger charge is 2.06. The predicted molar refractivity (Wildman–Crippen MR) is 72.5 cm³/mol. The van der Waals surface area contributed by atoms with Gasteiger partial charge in [0, 0.05) is 6.20 Å². The van der Waals surface area contributed by atoms with Crippen LogP contribution in [0.2, 0.25) is 5.02 Å². The van der Waals surface area contributed by atoms with Crippen LogP contribution in [0.4, 0.5) is 10.7 Å². The monoisotopic (exact) mass is 291 g/mol. The number of hydrogen-bond donors (Lipinski definition) is 1. The van der Waals surface area contributed by atoms with Gasteiger partial charge in [0.25, 0.3) is 0 Å². The molecular weight excluding hydrogens is 286 g/mol. The minimum atomic E-state index is 0.0113. The van der Waals surface area contributed by atoms with Crippen molar-refractivity contribution in [2.45, 2.75) is 0 Å². The molecule has 0 saturated heterocycles. The zero-order valence-electron chi connectivity index (χ0n) is 9.36. The summed E-state index contributed by atoms with van der Waals surface area (Å²) in [7, 11) is 0. The fraction of sp³-hybridized carbons (Fsp3) is 0. The predicted octanol–water partition coefficient (Wildman–Crippen LogP) is 3.86. The first kappa shape index (κ1) is 11.9. The second-order valence-electron chi connectivity index (χ2n) is 3.58. The topological polar surface area (TPSA) is 83.6 Å². The van der Waals surface area contributed by atoms with Gasteiger partial charge in [-0.25, -0.2) is 9.97 Å². The maximum absolute atomic E-state index is 9.31. The van der Waals surface area contributed by atoms with Crippen LogP contribution in [0.3, 0.4) is 0 Å². The average Bonchev–Trinajstić information content (AvgIpc) is 2.83. The molecule has 1 N–H and O–H groups in total. The first-order valence-corrected chi connectivity index (χ1v) is 6.35. The van der Waals surface area contributed by atoms with E-state index in [0.717, 1.165) is 5.39 Å². The van der Waals surface area contributed by atoms with Gasteiger partial charge in [0.15, 0.2) is 10.6 Å². The summed E-state index contributed by atoms with van der Waals surface area (Å²) in [6.07, 6.45) is 3.08. The van der Waals surface area contributed by atoms with E-state index in [1.54, 1.807) is 12.3 Å². The summed E-state index contributed by atoms with van der Waals surface area (Å²) in [4.78, 5) is 7.94. The summed E-state index contributed by atoms with van der Waals surface area (Å²) < 4.78 is 4.13.